The van der Waals surface area contributed by atoms with Crippen molar-refractivity contribution >= 4 is 5.91 Å². The number of aromatic nitrogens is 4. The van der Waals surface area contributed by atoms with Crippen molar-refractivity contribution in [2.45, 2.75) is 12.1 Å². The van der Waals surface area contributed by atoms with Gasteiger partial charge in [0, 0.05) is 12.4 Å². The highest BCUT2D eigenvalue weighted by molar-refractivity contribution is 5.96. The molecule has 110 valence electrons. The number of hydrogen-bond acceptors (Lipinski definition) is 6. The second kappa shape index (κ2) is 5.88. The van der Waals surface area contributed by atoms with Crippen molar-refractivity contribution in [1.82, 2.24) is 25.3 Å². The van der Waals surface area contributed by atoms with Crippen molar-refractivity contribution in [3.8, 4) is 5.88 Å². The van der Waals surface area contributed by atoms with E-state index in [4.69, 9.17) is 9.47 Å². The maximum atomic E-state index is 12.4. The third-order valence-electron chi connectivity index (χ3n) is 3.36. The Kier molecular flexibility index (Phi) is 3.78. The molecule has 1 aliphatic rings. The fraction of sp³-hybridized carbons (Fsp3) is 0.385. The number of pyridine rings is 1. The van der Waals surface area contributed by atoms with Crippen LogP contribution in [0.4, 0.5) is 0 Å². The molecule has 0 unspecified atom stereocenters. The van der Waals surface area contributed by atoms with Crippen LogP contribution in [0.5, 0.6) is 5.88 Å². The average Bonchev–Trinajstić information content (AvgIpc) is 3.17. The van der Waals surface area contributed by atoms with Crippen LogP contribution in [0.15, 0.2) is 30.7 Å². The summed E-state index contributed by atoms with van der Waals surface area (Å²) in [5, 5.41) is 10.7. The van der Waals surface area contributed by atoms with E-state index in [0.29, 0.717) is 24.7 Å². The summed E-state index contributed by atoms with van der Waals surface area (Å²) < 4.78 is 12.2. The van der Waals surface area contributed by atoms with Gasteiger partial charge in [-0.1, -0.05) is 5.21 Å². The molecule has 1 fully saturated rings. The van der Waals surface area contributed by atoms with E-state index in [9.17, 15) is 4.79 Å². The lowest BCUT2D eigenvalue weighted by Gasteiger charge is -2.19. The van der Waals surface area contributed by atoms with Gasteiger partial charge in [-0.25, -0.2) is 9.67 Å². The molecule has 0 aliphatic carbocycles. The van der Waals surface area contributed by atoms with Crippen LogP contribution in [0.1, 0.15) is 16.4 Å². The Bertz CT molecular complexity index is 616. The Balaban J connectivity index is 1.75. The third-order valence-corrected chi connectivity index (χ3v) is 3.36. The van der Waals surface area contributed by atoms with Crippen molar-refractivity contribution in [1.29, 1.82) is 0 Å². The van der Waals surface area contributed by atoms with Crippen LogP contribution in [0, 0.1) is 0 Å². The molecule has 1 N–H and O–H groups in total. The third kappa shape index (κ3) is 2.70. The maximum Gasteiger partial charge on any atom is 0.257 e. The van der Waals surface area contributed by atoms with Gasteiger partial charge in [0.25, 0.3) is 5.91 Å². The van der Waals surface area contributed by atoms with E-state index in [1.54, 1.807) is 35.4 Å². The van der Waals surface area contributed by atoms with E-state index >= 15 is 0 Å². The lowest BCUT2D eigenvalue weighted by molar-refractivity contribution is 0.0921. The number of ether oxygens (including phenoxy) is 2. The van der Waals surface area contributed by atoms with Gasteiger partial charge < -0.3 is 14.8 Å². The number of hydrogen-bond donors (Lipinski definition) is 1. The molecule has 2 aromatic rings. The molecular weight excluding hydrogens is 274 g/mol. The molecule has 1 aliphatic heterocycles. The van der Waals surface area contributed by atoms with E-state index in [-0.39, 0.29) is 18.0 Å². The Morgan fingerprint density at radius 2 is 2.38 bits per heavy atom. The highest BCUT2D eigenvalue weighted by Crippen LogP contribution is 2.20. The summed E-state index contributed by atoms with van der Waals surface area (Å²) in [5.74, 6) is 0.0480. The topological polar surface area (TPSA) is 91.2 Å². The summed E-state index contributed by atoms with van der Waals surface area (Å²) in [6.45, 7) is 0.914. The van der Waals surface area contributed by atoms with Gasteiger partial charge in [-0.15, -0.1) is 5.10 Å². The van der Waals surface area contributed by atoms with Gasteiger partial charge in [0.05, 0.1) is 38.6 Å². The first-order valence-corrected chi connectivity index (χ1v) is 6.53. The smallest absolute Gasteiger partial charge is 0.257 e. The Hall–Kier alpha value is -2.48. The van der Waals surface area contributed by atoms with Crippen LogP contribution in [0.2, 0.25) is 0 Å². The van der Waals surface area contributed by atoms with Crippen molar-refractivity contribution in [2.75, 3.05) is 20.3 Å². The molecule has 1 saturated heterocycles. The molecule has 3 rings (SSSR count). The molecule has 8 nitrogen and oxygen atoms in total. The molecule has 2 atom stereocenters. The van der Waals surface area contributed by atoms with Gasteiger partial charge in [0.1, 0.15) is 5.56 Å². The molecule has 0 aromatic carbocycles. The SMILES string of the molecule is COc1ncccc1C(=O)N[C@H]1COC[C@H]1n1ccnn1. The normalized spacial score (nSPS) is 21.2. The molecule has 3 heterocycles. The van der Waals surface area contributed by atoms with Crippen LogP contribution in [-0.4, -0.2) is 52.3 Å². The molecular formula is C13H15N5O3. The number of carbonyl (C=O) groups excluding carboxylic acids is 1. The van der Waals surface area contributed by atoms with E-state index in [0.717, 1.165) is 0 Å². The zero-order valence-corrected chi connectivity index (χ0v) is 11.5. The first-order valence-electron chi connectivity index (χ1n) is 6.53. The van der Waals surface area contributed by atoms with Gasteiger partial charge in [0.15, 0.2) is 0 Å². The zero-order valence-electron chi connectivity index (χ0n) is 11.5. The average molecular weight is 289 g/mol. The van der Waals surface area contributed by atoms with Crippen LogP contribution in [0.25, 0.3) is 0 Å². The van der Waals surface area contributed by atoms with Crippen molar-refractivity contribution < 1.29 is 14.3 Å². The Morgan fingerprint density at radius 1 is 1.48 bits per heavy atom. The lowest BCUT2D eigenvalue weighted by atomic mass is 10.1. The first kappa shape index (κ1) is 13.5. The monoisotopic (exact) mass is 289 g/mol. The van der Waals surface area contributed by atoms with Crippen molar-refractivity contribution in [3.63, 3.8) is 0 Å². The summed E-state index contributed by atoms with van der Waals surface area (Å²) >= 11 is 0. The van der Waals surface area contributed by atoms with E-state index in [2.05, 4.69) is 20.6 Å². The summed E-state index contributed by atoms with van der Waals surface area (Å²) in [7, 11) is 1.48. The first-order chi connectivity index (χ1) is 10.3. The van der Waals surface area contributed by atoms with E-state index in [1.165, 1.54) is 7.11 Å². The Labute approximate surface area is 121 Å². The van der Waals surface area contributed by atoms with E-state index in [1.807, 2.05) is 0 Å². The zero-order chi connectivity index (χ0) is 14.7. The number of methoxy groups -OCH3 is 1. The largest absolute Gasteiger partial charge is 0.480 e. The molecule has 1 amide bonds. The highest BCUT2D eigenvalue weighted by Gasteiger charge is 2.32. The van der Waals surface area contributed by atoms with Crippen LogP contribution in [-0.2, 0) is 4.74 Å². The second-order valence-electron chi connectivity index (χ2n) is 4.63. The second-order valence-corrected chi connectivity index (χ2v) is 4.63. The minimum atomic E-state index is -0.249. The van der Waals surface area contributed by atoms with Gasteiger partial charge in [-0.2, -0.15) is 0 Å². The molecule has 8 heteroatoms. The summed E-state index contributed by atoms with van der Waals surface area (Å²) in [4.78, 5) is 16.4. The molecule has 0 spiro atoms. The van der Waals surface area contributed by atoms with E-state index < -0.39 is 0 Å². The summed E-state index contributed by atoms with van der Waals surface area (Å²) in [6.07, 6.45) is 4.93. The highest BCUT2D eigenvalue weighted by atomic mass is 16.5. The van der Waals surface area contributed by atoms with Crippen molar-refractivity contribution in [2.24, 2.45) is 0 Å². The molecule has 2 aromatic heterocycles. The fourth-order valence-electron chi connectivity index (χ4n) is 2.31. The standard InChI is InChI=1S/C13H15N5O3/c1-20-13-9(3-2-4-14-13)12(19)16-10-7-21-8-11(10)18-6-5-15-17-18/h2-6,10-11H,7-8H2,1H3,(H,16,19)/t10-,11+/m0/s1. The maximum absolute atomic E-state index is 12.4. The van der Waals surface area contributed by atoms with Crippen LogP contribution < -0.4 is 10.1 Å². The fourth-order valence-corrected chi connectivity index (χ4v) is 2.31. The quantitative estimate of drug-likeness (QED) is 0.855. The van der Waals surface area contributed by atoms with Crippen LogP contribution in [0.3, 0.4) is 0 Å². The van der Waals surface area contributed by atoms with Crippen molar-refractivity contribution in [3.05, 3.63) is 36.3 Å². The summed E-state index contributed by atoms with van der Waals surface area (Å²) in [5.41, 5.74) is 0.393. The number of nitrogens with zero attached hydrogens (tertiary/aromatic N) is 4. The minimum Gasteiger partial charge on any atom is -0.480 e. The Morgan fingerprint density at radius 3 is 3.14 bits per heavy atom. The predicted octanol–water partition coefficient (Wildman–Crippen LogP) is 0.0516. The summed E-state index contributed by atoms with van der Waals surface area (Å²) in [6, 6.07) is 3.11. The van der Waals surface area contributed by atoms with Gasteiger partial charge >= 0.3 is 0 Å². The predicted molar refractivity (Wildman–Crippen MR) is 71.9 cm³/mol. The number of amides is 1. The number of rotatable bonds is 4. The molecule has 0 saturated carbocycles. The molecule has 0 bridgehead atoms. The van der Waals surface area contributed by atoms with Gasteiger partial charge in [0.2, 0.25) is 5.88 Å². The molecule has 0 radical (unpaired) electrons. The van der Waals surface area contributed by atoms with Gasteiger partial charge in [-0.05, 0) is 12.1 Å². The minimum absolute atomic E-state index is 0.0703. The van der Waals surface area contributed by atoms with Gasteiger partial charge in [-0.3, -0.25) is 4.79 Å². The number of nitrogens with one attached hydrogen (secondary N) is 1. The number of carbonyl (C=O) groups is 1. The lowest BCUT2D eigenvalue weighted by Crippen LogP contribution is -2.41. The van der Waals surface area contributed by atoms with Crippen LogP contribution >= 0.6 is 0 Å². The molecule has 21 heavy (non-hydrogen) atoms.